The van der Waals surface area contributed by atoms with E-state index < -0.39 is 53.1 Å². The molecule has 3 aromatic rings. The molecule has 31 heavy (non-hydrogen) atoms. The minimum absolute atomic E-state index is 0.00430. The van der Waals surface area contributed by atoms with Crippen molar-refractivity contribution in [3.63, 3.8) is 0 Å². The first-order valence-corrected chi connectivity index (χ1v) is 9.32. The van der Waals surface area contributed by atoms with Crippen LogP contribution in [0.5, 0.6) is 5.75 Å². The molecule has 5 nitrogen and oxygen atoms in total. The lowest BCUT2D eigenvalue weighted by Gasteiger charge is -2.45. The van der Waals surface area contributed by atoms with Crippen molar-refractivity contribution in [2.75, 3.05) is 5.32 Å². The van der Waals surface area contributed by atoms with E-state index in [1.807, 2.05) is 0 Å². The summed E-state index contributed by atoms with van der Waals surface area (Å²) in [6.45, 7) is 1.35. The zero-order chi connectivity index (χ0) is 22.7. The second kappa shape index (κ2) is 6.94. The van der Waals surface area contributed by atoms with Crippen LogP contribution in [0.25, 0.3) is 10.9 Å². The predicted molar refractivity (Wildman–Crippen MR) is 103 cm³/mol. The van der Waals surface area contributed by atoms with Crippen LogP contribution in [-0.2, 0) is 0 Å². The number of hydrogen-bond donors (Lipinski definition) is 4. The summed E-state index contributed by atoms with van der Waals surface area (Å²) in [6.07, 6.45) is -5.92. The number of aliphatic hydroxyl groups is 1. The Morgan fingerprint density at radius 3 is 2.45 bits per heavy atom. The van der Waals surface area contributed by atoms with Crippen LogP contribution in [0.3, 0.4) is 0 Å². The van der Waals surface area contributed by atoms with Gasteiger partial charge in [0, 0.05) is 22.7 Å². The summed E-state index contributed by atoms with van der Waals surface area (Å²) in [6, 6.07) is 4.50. The molecule has 2 aromatic carbocycles. The lowest BCUT2D eigenvalue weighted by Crippen LogP contribution is -2.55. The van der Waals surface area contributed by atoms with Gasteiger partial charge in [0.2, 0.25) is 5.56 Å². The van der Waals surface area contributed by atoms with Crippen LogP contribution in [0.15, 0.2) is 41.2 Å². The zero-order valence-electron chi connectivity index (χ0n) is 16.0. The molecule has 0 aliphatic heterocycles. The van der Waals surface area contributed by atoms with E-state index in [2.05, 4.69) is 10.3 Å². The molecule has 164 valence electrons. The molecule has 1 heterocycles. The van der Waals surface area contributed by atoms with Gasteiger partial charge in [-0.05, 0) is 42.2 Å². The maximum atomic E-state index is 14.2. The number of benzene rings is 2. The highest BCUT2D eigenvalue weighted by Crippen LogP contribution is 2.54. The van der Waals surface area contributed by atoms with Crippen LogP contribution in [0.2, 0.25) is 0 Å². The number of nitrogens with one attached hydrogen (secondary N) is 2. The van der Waals surface area contributed by atoms with E-state index >= 15 is 0 Å². The number of aromatic amines is 1. The number of aromatic nitrogens is 1. The Morgan fingerprint density at radius 2 is 1.77 bits per heavy atom. The van der Waals surface area contributed by atoms with E-state index in [0.717, 1.165) is 24.3 Å². The van der Waals surface area contributed by atoms with Crippen molar-refractivity contribution in [3.05, 3.63) is 69.5 Å². The molecule has 1 aromatic heterocycles. The molecule has 0 saturated heterocycles. The molecular formula is C21H17F5N2O3. The number of hydrogen-bond acceptors (Lipinski definition) is 4. The average molecular weight is 440 g/mol. The molecule has 0 radical (unpaired) electrons. The van der Waals surface area contributed by atoms with Crippen molar-refractivity contribution < 1.29 is 32.2 Å². The Balaban J connectivity index is 1.94. The van der Waals surface area contributed by atoms with Gasteiger partial charge in [-0.1, -0.05) is 13.0 Å². The SMILES string of the molecule is C[C@@H]1C[C@@](O)(C(F)(F)F)[C@@H](Nc2ccc(F)c3[nH]c(=O)ccc23)c2ccc(F)c(O)c21. The Bertz CT molecular complexity index is 1240. The predicted octanol–water partition coefficient (Wildman–Crippen LogP) is 4.47. The number of H-pyrrole nitrogens is 1. The highest BCUT2D eigenvalue weighted by atomic mass is 19.4. The molecule has 4 N–H and O–H groups in total. The highest BCUT2D eigenvalue weighted by Gasteiger charge is 2.62. The molecule has 0 unspecified atom stereocenters. The van der Waals surface area contributed by atoms with Gasteiger partial charge < -0.3 is 20.5 Å². The summed E-state index contributed by atoms with van der Waals surface area (Å²) >= 11 is 0. The van der Waals surface area contributed by atoms with Gasteiger partial charge in [0.05, 0.1) is 11.6 Å². The summed E-state index contributed by atoms with van der Waals surface area (Å²) < 4.78 is 70.1. The second-order valence-corrected chi connectivity index (χ2v) is 7.71. The van der Waals surface area contributed by atoms with Crippen molar-refractivity contribution in [2.24, 2.45) is 0 Å². The minimum atomic E-state index is -5.08. The third kappa shape index (κ3) is 3.21. The number of alkyl halides is 3. The number of anilines is 1. The maximum Gasteiger partial charge on any atom is 0.419 e. The summed E-state index contributed by atoms with van der Waals surface area (Å²) in [7, 11) is 0. The molecule has 0 bridgehead atoms. The molecule has 1 aliphatic carbocycles. The average Bonchev–Trinajstić information content (AvgIpc) is 2.68. The van der Waals surface area contributed by atoms with Crippen molar-refractivity contribution >= 4 is 16.6 Å². The third-order valence-electron chi connectivity index (χ3n) is 5.74. The van der Waals surface area contributed by atoms with Gasteiger partial charge in [0.1, 0.15) is 5.82 Å². The Hall–Kier alpha value is -3.14. The highest BCUT2D eigenvalue weighted by molar-refractivity contribution is 5.91. The standard InChI is InChI=1S/C21H17F5N2O3/c1-9-8-20(31,21(24,25)26)19(11-2-4-13(23)18(30)16(9)11)27-14-6-5-12(22)17-10(14)3-7-15(29)28-17/h2-7,9,19,27,30-31H,8H2,1H3,(H,28,29)/t9-,19+,20+/m1/s1. The van der Waals surface area contributed by atoms with Gasteiger partial charge in [0.25, 0.3) is 0 Å². The Labute approximate surface area is 172 Å². The number of pyridine rings is 1. The smallest absolute Gasteiger partial charge is 0.419 e. The number of halogens is 5. The fraction of sp³-hybridized carbons (Fsp3) is 0.286. The summed E-state index contributed by atoms with van der Waals surface area (Å²) in [5.41, 5.74) is -4.28. The minimum Gasteiger partial charge on any atom is -0.505 e. The summed E-state index contributed by atoms with van der Waals surface area (Å²) in [4.78, 5) is 13.8. The topological polar surface area (TPSA) is 85.4 Å². The zero-order valence-corrected chi connectivity index (χ0v) is 16.0. The molecule has 10 heteroatoms. The lowest BCUT2D eigenvalue weighted by molar-refractivity contribution is -0.272. The number of aromatic hydroxyl groups is 1. The quantitative estimate of drug-likeness (QED) is 0.443. The van der Waals surface area contributed by atoms with E-state index in [0.29, 0.717) is 0 Å². The number of phenols is 1. The summed E-state index contributed by atoms with van der Waals surface area (Å²) in [5.74, 6) is -3.57. The van der Waals surface area contributed by atoms with Crippen LogP contribution in [0.1, 0.15) is 36.4 Å². The van der Waals surface area contributed by atoms with Crippen LogP contribution < -0.4 is 10.9 Å². The maximum absolute atomic E-state index is 14.2. The second-order valence-electron chi connectivity index (χ2n) is 7.71. The fourth-order valence-electron chi connectivity index (χ4n) is 4.29. The molecular weight excluding hydrogens is 423 g/mol. The summed E-state index contributed by atoms with van der Waals surface area (Å²) in [5, 5.41) is 23.6. The normalized spacial score (nSPS) is 23.6. The van der Waals surface area contributed by atoms with Crippen molar-refractivity contribution in [3.8, 4) is 5.75 Å². The van der Waals surface area contributed by atoms with E-state index in [4.69, 9.17) is 0 Å². The molecule has 0 saturated carbocycles. The Kier molecular flexibility index (Phi) is 4.73. The van der Waals surface area contributed by atoms with Crippen LogP contribution >= 0.6 is 0 Å². The largest absolute Gasteiger partial charge is 0.505 e. The monoisotopic (exact) mass is 440 g/mol. The number of phenolic OH excluding ortho intramolecular Hbond substituents is 1. The van der Waals surface area contributed by atoms with Gasteiger partial charge >= 0.3 is 6.18 Å². The molecule has 0 fully saturated rings. The van der Waals surface area contributed by atoms with E-state index in [-0.39, 0.29) is 27.7 Å². The molecule has 0 amide bonds. The van der Waals surface area contributed by atoms with E-state index in [1.54, 1.807) is 0 Å². The fourth-order valence-corrected chi connectivity index (χ4v) is 4.29. The van der Waals surface area contributed by atoms with Gasteiger partial charge in [0.15, 0.2) is 17.2 Å². The lowest BCUT2D eigenvalue weighted by atomic mass is 9.70. The van der Waals surface area contributed by atoms with Crippen LogP contribution in [0.4, 0.5) is 27.6 Å². The van der Waals surface area contributed by atoms with Gasteiger partial charge in [-0.25, -0.2) is 8.78 Å². The van der Waals surface area contributed by atoms with Crippen LogP contribution in [-0.4, -0.2) is 27.0 Å². The van der Waals surface area contributed by atoms with E-state index in [9.17, 15) is 37.0 Å². The number of fused-ring (bicyclic) bond motifs is 2. The molecule has 1 aliphatic rings. The van der Waals surface area contributed by atoms with Crippen molar-refractivity contribution in [2.45, 2.75) is 37.1 Å². The first-order valence-electron chi connectivity index (χ1n) is 9.32. The van der Waals surface area contributed by atoms with Crippen molar-refractivity contribution in [1.82, 2.24) is 4.98 Å². The molecule has 3 atom stereocenters. The first kappa shape index (κ1) is 21.1. The first-order chi connectivity index (χ1) is 14.4. The van der Waals surface area contributed by atoms with Crippen LogP contribution in [0, 0.1) is 11.6 Å². The molecule has 4 rings (SSSR count). The molecule has 0 spiro atoms. The third-order valence-corrected chi connectivity index (χ3v) is 5.74. The Morgan fingerprint density at radius 1 is 1.10 bits per heavy atom. The van der Waals surface area contributed by atoms with Crippen molar-refractivity contribution in [1.29, 1.82) is 0 Å². The van der Waals surface area contributed by atoms with E-state index in [1.165, 1.54) is 19.1 Å². The van der Waals surface area contributed by atoms with Gasteiger partial charge in [-0.3, -0.25) is 4.79 Å². The van der Waals surface area contributed by atoms with Gasteiger partial charge in [-0.15, -0.1) is 0 Å². The van der Waals surface area contributed by atoms with Gasteiger partial charge in [-0.2, -0.15) is 13.2 Å². The number of rotatable bonds is 2.